The van der Waals surface area contributed by atoms with Crippen LogP contribution < -0.4 is 0 Å². The summed E-state index contributed by atoms with van der Waals surface area (Å²) in [5.41, 5.74) is 0. The Bertz CT molecular complexity index is 611. The normalized spacial score (nSPS) is 15.6. The van der Waals surface area contributed by atoms with Crippen molar-refractivity contribution in [3.8, 4) is 0 Å². The number of carboxylic acids is 1. The van der Waals surface area contributed by atoms with Crippen LogP contribution in [0.15, 0.2) is 12.4 Å². The fourth-order valence-corrected chi connectivity index (χ4v) is 1.04. The van der Waals surface area contributed by atoms with Gasteiger partial charge in [0, 0.05) is 0 Å². The number of alkyl halides is 5. The van der Waals surface area contributed by atoms with Crippen LogP contribution in [-0.4, -0.2) is 53.8 Å². The lowest BCUT2D eigenvalue weighted by molar-refractivity contribution is -0.358. The lowest BCUT2D eigenvalue weighted by Crippen LogP contribution is -2.59. The predicted molar refractivity (Wildman–Crippen MR) is 53.4 cm³/mol. The van der Waals surface area contributed by atoms with Gasteiger partial charge in [0.05, 0.1) is 0 Å². The van der Waals surface area contributed by atoms with Gasteiger partial charge in [-0.25, -0.2) is 18.0 Å². The zero-order valence-electron chi connectivity index (χ0n) is 10.4. The highest BCUT2D eigenvalue weighted by Gasteiger charge is 2.68. The van der Waals surface area contributed by atoms with E-state index in [0.29, 0.717) is 0 Å². The van der Waals surface area contributed by atoms with Gasteiger partial charge in [0.25, 0.3) is 0 Å². The topological polar surface area (TPSA) is 130 Å². The largest absolute Gasteiger partial charge is 0.743 e. The van der Waals surface area contributed by atoms with Crippen molar-refractivity contribution in [1.29, 1.82) is 0 Å². The highest BCUT2D eigenvalue weighted by molar-refractivity contribution is 7.86. The van der Waals surface area contributed by atoms with Gasteiger partial charge < -0.3 is 19.1 Å². The molecule has 1 N–H and O–H groups in total. The summed E-state index contributed by atoms with van der Waals surface area (Å²) in [5.74, 6) is -13.3. The number of rotatable bonds is 7. The van der Waals surface area contributed by atoms with Crippen LogP contribution in [0, 0.1) is 0 Å². The quantitative estimate of drug-likeness (QED) is 0.224. The van der Waals surface area contributed by atoms with E-state index in [1.807, 2.05) is 0 Å². The average molecular weight is 375 g/mol. The molecule has 0 heterocycles. The molecular formula is C8H5F6O8S-. The zero-order valence-corrected chi connectivity index (χ0v) is 11.2. The Morgan fingerprint density at radius 2 is 1.61 bits per heavy atom. The number of ether oxygens (including phenoxy) is 2. The molecule has 1 atom stereocenters. The Labute approximate surface area is 123 Å². The molecule has 0 aromatic rings. The summed E-state index contributed by atoms with van der Waals surface area (Å²) in [4.78, 5) is 21.4. The van der Waals surface area contributed by atoms with E-state index in [9.17, 15) is 48.9 Å². The second-order valence-electron chi connectivity index (χ2n) is 3.59. The van der Waals surface area contributed by atoms with E-state index >= 15 is 0 Å². The minimum absolute atomic E-state index is 2.18. The van der Waals surface area contributed by atoms with Crippen LogP contribution in [-0.2, 0) is 29.2 Å². The van der Waals surface area contributed by atoms with E-state index in [-0.39, 0.29) is 0 Å². The summed E-state index contributed by atoms with van der Waals surface area (Å²) in [6, 6.07) is 0. The number of hydrogen-bond acceptors (Lipinski definition) is 7. The fourth-order valence-electron chi connectivity index (χ4n) is 0.840. The number of halogens is 6. The molecule has 15 heteroatoms. The van der Waals surface area contributed by atoms with Gasteiger partial charge in [-0.2, -0.15) is 26.3 Å². The van der Waals surface area contributed by atoms with Crippen molar-refractivity contribution >= 4 is 22.1 Å². The summed E-state index contributed by atoms with van der Waals surface area (Å²) < 4.78 is 113. The first-order chi connectivity index (χ1) is 9.98. The first-order valence-electron chi connectivity index (χ1n) is 4.83. The SMILES string of the molecule is C=C(F)C(=O)OC(OCC(F)(F)S(=O)(=O)[O-])(C(=O)O)C(F)(F)F. The first-order valence-corrected chi connectivity index (χ1v) is 6.24. The Morgan fingerprint density at radius 3 is 1.87 bits per heavy atom. The molecule has 23 heavy (non-hydrogen) atoms. The van der Waals surface area contributed by atoms with Crippen LogP contribution in [0.25, 0.3) is 0 Å². The Kier molecular flexibility index (Phi) is 5.81. The predicted octanol–water partition coefficient (Wildman–Crippen LogP) is 0.511. The number of carbonyl (C=O) groups excluding carboxylic acids is 1. The van der Waals surface area contributed by atoms with Gasteiger partial charge in [-0.3, -0.25) is 0 Å². The first kappa shape index (κ1) is 21.1. The molecular weight excluding hydrogens is 370 g/mol. The Morgan fingerprint density at radius 1 is 1.17 bits per heavy atom. The zero-order chi connectivity index (χ0) is 18.9. The minimum atomic E-state index is -6.54. The third-order valence-corrected chi connectivity index (χ3v) is 2.77. The summed E-state index contributed by atoms with van der Waals surface area (Å²) in [7, 11) is -6.54. The Hall–Kier alpha value is -1.87. The molecule has 0 spiro atoms. The second-order valence-corrected chi connectivity index (χ2v) is 5.10. The van der Waals surface area contributed by atoms with Crippen molar-refractivity contribution in [2.24, 2.45) is 0 Å². The number of aliphatic carboxylic acids is 1. The molecule has 0 aromatic carbocycles. The highest BCUT2D eigenvalue weighted by Crippen LogP contribution is 2.37. The van der Waals surface area contributed by atoms with Gasteiger partial charge in [0.15, 0.2) is 10.1 Å². The van der Waals surface area contributed by atoms with Gasteiger partial charge in [-0.05, 0) is 0 Å². The summed E-state index contributed by atoms with van der Waals surface area (Å²) >= 11 is 0. The molecule has 0 aliphatic rings. The van der Waals surface area contributed by atoms with E-state index in [0.717, 1.165) is 0 Å². The monoisotopic (exact) mass is 375 g/mol. The molecule has 0 saturated heterocycles. The van der Waals surface area contributed by atoms with E-state index in [1.54, 1.807) is 0 Å². The molecule has 0 radical (unpaired) electrons. The van der Waals surface area contributed by atoms with Crippen molar-refractivity contribution in [2.45, 2.75) is 17.2 Å². The summed E-state index contributed by atoms with van der Waals surface area (Å²) in [6.45, 7) is -0.770. The van der Waals surface area contributed by atoms with E-state index in [2.05, 4.69) is 16.1 Å². The third kappa shape index (κ3) is 4.55. The van der Waals surface area contributed by atoms with Crippen LogP contribution in [0.4, 0.5) is 26.3 Å². The van der Waals surface area contributed by atoms with Crippen molar-refractivity contribution in [3.05, 3.63) is 12.4 Å². The van der Waals surface area contributed by atoms with Crippen LogP contribution in [0.5, 0.6) is 0 Å². The molecule has 134 valence electrons. The van der Waals surface area contributed by atoms with Gasteiger partial charge in [-0.1, -0.05) is 6.58 Å². The minimum Gasteiger partial charge on any atom is -0.743 e. The van der Waals surface area contributed by atoms with Crippen molar-refractivity contribution in [2.75, 3.05) is 6.61 Å². The Balaban J connectivity index is 5.84. The van der Waals surface area contributed by atoms with Crippen molar-refractivity contribution in [3.63, 3.8) is 0 Å². The molecule has 0 aliphatic heterocycles. The maximum absolute atomic E-state index is 12.8. The molecule has 0 rings (SSSR count). The van der Waals surface area contributed by atoms with Crippen LogP contribution in [0.1, 0.15) is 0 Å². The molecule has 0 bridgehead atoms. The lowest BCUT2D eigenvalue weighted by atomic mass is 10.2. The lowest BCUT2D eigenvalue weighted by Gasteiger charge is -2.32. The maximum atomic E-state index is 12.8. The van der Waals surface area contributed by atoms with Crippen LogP contribution in [0.2, 0.25) is 0 Å². The van der Waals surface area contributed by atoms with E-state index < -0.39 is 51.7 Å². The smallest absolute Gasteiger partial charge is 0.468 e. The van der Waals surface area contributed by atoms with Crippen molar-refractivity contribution < 1.29 is 63.5 Å². The average Bonchev–Trinajstić information content (AvgIpc) is 2.30. The molecule has 0 aliphatic carbocycles. The highest BCUT2D eigenvalue weighted by atomic mass is 32.2. The van der Waals surface area contributed by atoms with E-state index in [1.165, 1.54) is 0 Å². The van der Waals surface area contributed by atoms with Gasteiger partial charge >= 0.3 is 29.2 Å². The standard InChI is InChI=1S/C8H6F6O8S/c1-3(9)4(15)22-7(5(16)17,8(12,13)14)21-2-6(10,11)23(18,19)20/h1-2H2,(H,16,17)(H,18,19,20)/p-1. The van der Waals surface area contributed by atoms with Crippen LogP contribution in [0.3, 0.4) is 0 Å². The number of esters is 1. The third-order valence-electron chi connectivity index (χ3n) is 1.92. The molecule has 0 saturated carbocycles. The number of hydrogen-bond donors (Lipinski definition) is 1. The molecule has 0 amide bonds. The second kappa shape index (κ2) is 6.32. The maximum Gasteiger partial charge on any atom is 0.468 e. The molecule has 1 unspecified atom stereocenters. The molecule has 0 aromatic heterocycles. The van der Waals surface area contributed by atoms with Crippen molar-refractivity contribution in [1.82, 2.24) is 0 Å². The van der Waals surface area contributed by atoms with Gasteiger partial charge in [-0.15, -0.1) is 0 Å². The summed E-state index contributed by atoms with van der Waals surface area (Å²) in [6.07, 6.45) is -6.26. The van der Waals surface area contributed by atoms with E-state index in [4.69, 9.17) is 5.11 Å². The number of carboxylic acid groups (broad SMARTS) is 1. The van der Waals surface area contributed by atoms with Gasteiger partial charge in [0.1, 0.15) is 6.61 Å². The summed E-state index contributed by atoms with van der Waals surface area (Å²) in [5, 5.41) is 2.94. The van der Waals surface area contributed by atoms with Crippen LogP contribution >= 0.6 is 0 Å². The molecule has 0 fully saturated rings. The van der Waals surface area contributed by atoms with Gasteiger partial charge in [0.2, 0.25) is 5.83 Å². The number of carbonyl (C=O) groups is 2. The molecule has 8 nitrogen and oxygen atoms in total. The fraction of sp³-hybridized carbons (Fsp3) is 0.500.